The van der Waals surface area contributed by atoms with Crippen molar-refractivity contribution < 1.29 is 48.3 Å². The normalized spacial score (nSPS) is 30.7. The van der Waals surface area contributed by atoms with Gasteiger partial charge in [0.1, 0.15) is 11.3 Å². The van der Waals surface area contributed by atoms with Crippen LogP contribution in [0.1, 0.15) is 196 Å². The lowest BCUT2D eigenvalue weighted by molar-refractivity contribution is -0.205. The van der Waals surface area contributed by atoms with Crippen molar-refractivity contribution in [3.05, 3.63) is 156 Å². The molecule has 4 aliphatic carbocycles. The molecule has 3 fully saturated rings. The standard InChI is InChI=1S/C68H80O11/c1-40(37-70)52-26-23-41-18-21-47-33-45(41)20-19-42-11-4-6-16-56(42)67(2)64(78-65(52)73)63(61-58(79-67)29-28-54-55(38-71)60(66(74)77-62(54)61)48(30-32-69)39-75-3)76-59(72)36-49-34-46(24-27-53(47)49)44-13-10-15-51(35-44)68-31-9-8-14-50(68)25-22-43-12-5-7-17-57(43)68/h5,7,10,12-13,15,17-18,21,28-29,33,35,42,46,48-50,53,56,63-64,69-71H,4,6,8-9,11,14,16,19-20,22-27,30-32,34,36-39H2,1-3H3/b52-40-/t42-,46+,48-,49+,50-,53-,56-,63-,64+,67+,68+/m1/s1. The van der Waals surface area contributed by atoms with Gasteiger partial charge in [0.15, 0.2) is 17.8 Å². The molecule has 418 valence electrons. The number of esters is 2. The molecular formula is C68H80O11. The monoisotopic (exact) mass is 1070 g/mol. The van der Waals surface area contributed by atoms with E-state index in [0.717, 1.165) is 70.6 Å². The summed E-state index contributed by atoms with van der Waals surface area (Å²) in [5.41, 5.74) is 9.23. The lowest BCUT2D eigenvalue weighted by atomic mass is 9.54. The fourth-order valence-electron chi connectivity index (χ4n) is 17.1. The molecule has 4 heterocycles. The largest absolute Gasteiger partial charge is 0.483 e. The fraction of sp³-hybridized carbons (Fsp3) is 0.544. The van der Waals surface area contributed by atoms with Crippen molar-refractivity contribution in [3.8, 4) is 5.75 Å². The average Bonchev–Trinajstić information content (AvgIpc) is 3.51. The molecule has 12 rings (SSSR count). The third kappa shape index (κ3) is 9.60. The van der Waals surface area contributed by atoms with Crippen LogP contribution in [0.25, 0.3) is 11.0 Å². The molecule has 79 heavy (non-hydrogen) atoms. The summed E-state index contributed by atoms with van der Waals surface area (Å²) in [7, 11) is 1.52. The Hall–Kier alpha value is -5.59. The quantitative estimate of drug-likeness (QED) is 0.0732. The van der Waals surface area contributed by atoms with E-state index in [1.165, 1.54) is 71.7 Å². The molecule has 1 aromatic heterocycles. The van der Waals surface area contributed by atoms with Crippen molar-refractivity contribution in [1.82, 2.24) is 0 Å². The Labute approximate surface area is 465 Å². The Kier molecular flexibility index (Phi) is 15.3. The number of fused-ring (bicyclic) bond motifs is 11. The number of carbonyl (C=O) groups excluding carboxylic acids is 2. The Morgan fingerprint density at radius 1 is 0.772 bits per heavy atom. The molecular weight excluding hydrogens is 993 g/mol. The van der Waals surface area contributed by atoms with Crippen molar-refractivity contribution in [1.29, 1.82) is 0 Å². The second-order valence-corrected chi connectivity index (χ2v) is 24.9. The van der Waals surface area contributed by atoms with Gasteiger partial charge in [-0.15, -0.1) is 0 Å². The number of hydrogen-bond donors (Lipinski definition) is 3. The molecule has 0 saturated heterocycles. The first-order chi connectivity index (χ1) is 38.5. The molecule has 5 bridgehead atoms. The summed E-state index contributed by atoms with van der Waals surface area (Å²) in [6, 6.07) is 29.3. The molecule has 5 aromatic rings. The number of ether oxygens (including phenoxy) is 4. The molecule has 0 radical (unpaired) electrons. The SMILES string of the molecule is COC[C@@H](CCO)c1c(CO)c2ccc3c(c2oc1=O)[C@H]1OC(=O)C[C@@H]2C[C@@H](c4cccc([C@]56CCCC[C@@H]5CCc5ccccc56)c4)CC[C@@H]2c2ccc4c(c2)CC[C@H]2CCCC[C@H]2[C@](C)(O3)[C@H]1OC(=O)/C(=C(/C)CO)CC4. The van der Waals surface area contributed by atoms with Gasteiger partial charge in [0.2, 0.25) is 0 Å². The Morgan fingerprint density at radius 2 is 1.61 bits per heavy atom. The van der Waals surface area contributed by atoms with Crippen molar-refractivity contribution in [2.24, 2.45) is 23.7 Å². The molecule has 0 unspecified atom stereocenters. The predicted octanol–water partition coefficient (Wildman–Crippen LogP) is 12.2. The van der Waals surface area contributed by atoms with E-state index < -0.39 is 47.9 Å². The summed E-state index contributed by atoms with van der Waals surface area (Å²) in [5, 5.41) is 32.4. The van der Waals surface area contributed by atoms with Crippen molar-refractivity contribution in [3.63, 3.8) is 0 Å². The first-order valence-electron chi connectivity index (χ1n) is 30.0. The van der Waals surface area contributed by atoms with E-state index in [1.54, 1.807) is 13.0 Å². The lowest BCUT2D eigenvalue weighted by Crippen LogP contribution is -2.60. The first-order valence-corrected chi connectivity index (χ1v) is 30.0. The van der Waals surface area contributed by atoms with Crippen LogP contribution >= 0.6 is 0 Å². The van der Waals surface area contributed by atoms with Gasteiger partial charge in [-0.3, -0.25) is 4.79 Å². The lowest BCUT2D eigenvalue weighted by Gasteiger charge is -2.52. The number of aliphatic hydroxyl groups excluding tert-OH is 3. The second-order valence-electron chi connectivity index (χ2n) is 24.9. The van der Waals surface area contributed by atoms with Gasteiger partial charge in [-0.1, -0.05) is 98.8 Å². The molecule has 3 saturated carbocycles. The van der Waals surface area contributed by atoms with Crippen LogP contribution in [-0.4, -0.2) is 65.9 Å². The molecule has 3 N–H and O–H groups in total. The molecule has 0 spiro atoms. The zero-order chi connectivity index (χ0) is 54.6. The van der Waals surface area contributed by atoms with Gasteiger partial charge in [0.05, 0.1) is 25.4 Å². The van der Waals surface area contributed by atoms with Gasteiger partial charge in [0.25, 0.3) is 0 Å². The van der Waals surface area contributed by atoms with Crippen LogP contribution in [0.2, 0.25) is 0 Å². The van der Waals surface area contributed by atoms with Crippen LogP contribution < -0.4 is 10.4 Å². The summed E-state index contributed by atoms with van der Waals surface area (Å²) in [6.07, 6.45) is 14.1. The summed E-state index contributed by atoms with van der Waals surface area (Å²) in [5.74, 6) is -0.470. The van der Waals surface area contributed by atoms with Crippen LogP contribution in [-0.2, 0) is 55.1 Å². The van der Waals surface area contributed by atoms with Crippen molar-refractivity contribution >= 4 is 22.9 Å². The maximum absolute atomic E-state index is 15.7. The molecule has 7 aliphatic rings. The number of aliphatic hydroxyl groups is 3. The van der Waals surface area contributed by atoms with Gasteiger partial charge in [-0.25, -0.2) is 9.59 Å². The minimum absolute atomic E-state index is 0.0127. The highest BCUT2D eigenvalue weighted by Gasteiger charge is 2.59. The summed E-state index contributed by atoms with van der Waals surface area (Å²) < 4.78 is 33.3. The van der Waals surface area contributed by atoms with Crippen LogP contribution in [0, 0.1) is 23.7 Å². The highest BCUT2D eigenvalue weighted by molar-refractivity contribution is 5.90. The average molecular weight is 1070 g/mol. The molecule has 3 aliphatic heterocycles. The van der Waals surface area contributed by atoms with E-state index in [9.17, 15) is 20.1 Å². The number of rotatable bonds is 9. The second kappa shape index (κ2) is 22.4. The maximum atomic E-state index is 15.7. The Morgan fingerprint density at radius 3 is 2.44 bits per heavy atom. The minimum atomic E-state index is -1.29. The van der Waals surface area contributed by atoms with Crippen molar-refractivity contribution in [2.75, 3.05) is 26.9 Å². The zero-order valence-electron chi connectivity index (χ0n) is 46.6. The summed E-state index contributed by atoms with van der Waals surface area (Å²) in [4.78, 5) is 45.4. The molecule has 0 amide bonds. The molecule has 11 heteroatoms. The third-order valence-electron chi connectivity index (χ3n) is 20.9. The topological polar surface area (TPSA) is 162 Å². The maximum Gasteiger partial charge on any atom is 0.340 e. The smallest absolute Gasteiger partial charge is 0.340 e. The number of methoxy groups -OCH3 is 1. The van der Waals surface area contributed by atoms with E-state index in [4.69, 9.17) is 23.4 Å². The van der Waals surface area contributed by atoms with E-state index in [0.29, 0.717) is 46.6 Å². The highest BCUT2D eigenvalue weighted by atomic mass is 16.6. The number of hydrogen-bond acceptors (Lipinski definition) is 11. The Bertz CT molecular complexity index is 3200. The van der Waals surface area contributed by atoms with E-state index in [2.05, 4.69) is 66.7 Å². The van der Waals surface area contributed by atoms with E-state index in [-0.39, 0.29) is 84.4 Å². The summed E-state index contributed by atoms with van der Waals surface area (Å²) >= 11 is 0. The zero-order valence-corrected chi connectivity index (χ0v) is 46.6. The fourth-order valence-corrected chi connectivity index (χ4v) is 17.1. The van der Waals surface area contributed by atoms with Gasteiger partial charge in [-0.2, -0.15) is 0 Å². The first kappa shape index (κ1) is 54.0. The number of aryl methyl sites for hydroxylation is 3. The van der Waals surface area contributed by atoms with Crippen molar-refractivity contribution in [2.45, 2.75) is 183 Å². The van der Waals surface area contributed by atoms with Gasteiger partial charge >= 0.3 is 17.6 Å². The van der Waals surface area contributed by atoms with Crippen LogP contribution in [0.15, 0.2) is 99.2 Å². The minimum Gasteiger partial charge on any atom is -0.483 e. The van der Waals surface area contributed by atoms with Gasteiger partial charge < -0.3 is 38.7 Å². The Balaban J connectivity index is 1.01. The molecule has 11 atom stereocenters. The summed E-state index contributed by atoms with van der Waals surface area (Å²) in [6.45, 7) is 2.79. The molecule has 11 nitrogen and oxygen atoms in total. The van der Waals surface area contributed by atoms with Gasteiger partial charge in [-0.05, 0) is 189 Å². The van der Waals surface area contributed by atoms with Gasteiger partial charge in [0, 0.05) is 53.9 Å². The van der Waals surface area contributed by atoms with E-state index in [1.807, 2.05) is 13.0 Å². The van der Waals surface area contributed by atoms with Crippen LogP contribution in [0.3, 0.4) is 0 Å². The number of carbonyl (C=O) groups is 2. The number of benzene rings is 4. The van der Waals surface area contributed by atoms with Crippen LogP contribution in [0.4, 0.5) is 0 Å². The predicted molar refractivity (Wildman–Crippen MR) is 302 cm³/mol. The van der Waals surface area contributed by atoms with Crippen LogP contribution in [0.5, 0.6) is 5.75 Å². The highest BCUT2D eigenvalue weighted by Crippen LogP contribution is 2.57. The third-order valence-corrected chi connectivity index (χ3v) is 20.9. The van der Waals surface area contributed by atoms with E-state index >= 15 is 9.59 Å². The molecule has 4 aromatic carbocycles.